The fourth-order valence-electron chi connectivity index (χ4n) is 1.27. The molecule has 0 fully saturated rings. The Balaban J connectivity index is 2.36. The van der Waals surface area contributed by atoms with Crippen LogP contribution in [0.15, 0.2) is 27.6 Å². The van der Waals surface area contributed by atoms with E-state index in [-0.39, 0.29) is 12.6 Å². The summed E-state index contributed by atoms with van der Waals surface area (Å²) in [6.07, 6.45) is 0. The van der Waals surface area contributed by atoms with Crippen molar-refractivity contribution in [2.24, 2.45) is 5.92 Å². The van der Waals surface area contributed by atoms with Crippen molar-refractivity contribution in [1.29, 1.82) is 0 Å². The molecule has 0 bridgehead atoms. The Bertz CT molecular complexity index is 407. The molecule has 0 aliphatic rings. The third kappa shape index (κ3) is 5.42. The second-order valence-corrected chi connectivity index (χ2v) is 5.66. The maximum atomic E-state index is 11.7. The minimum Gasteiger partial charge on any atom is -0.460 e. The minimum atomic E-state index is -0.374. The van der Waals surface area contributed by atoms with Gasteiger partial charge in [0.05, 0.1) is 12.2 Å². The zero-order valence-electron chi connectivity index (χ0n) is 10.5. The Morgan fingerprint density at radius 3 is 2.72 bits per heavy atom. The van der Waals surface area contributed by atoms with Gasteiger partial charge in [0, 0.05) is 16.0 Å². The van der Waals surface area contributed by atoms with Crippen molar-refractivity contribution in [3.05, 3.63) is 28.2 Å². The van der Waals surface area contributed by atoms with Gasteiger partial charge in [-0.15, -0.1) is 12.6 Å². The van der Waals surface area contributed by atoms with Crippen LogP contribution in [0.3, 0.4) is 0 Å². The number of benzene rings is 1. The Kier molecular flexibility index (Phi) is 6.75. The Hall–Kier alpha value is -0.520. The summed E-state index contributed by atoms with van der Waals surface area (Å²) in [5, 5.41) is 0. The number of rotatable bonds is 6. The smallest absolute Gasteiger partial charge is 0.339 e. The van der Waals surface area contributed by atoms with Gasteiger partial charge in [-0.25, -0.2) is 4.79 Å². The summed E-state index contributed by atoms with van der Waals surface area (Å²) in [6, 6.07) is 5.23. The first-order chi connectivity index (χ1) is 8.50. The molecule has 0 N–H and O–H groups in total. The van der Waals surface area contributed by atoms with Gasteiger partial charge in [-0.05, 0) is 24.1 Å². The van der Waals surface area contributed by atoms with Crippen LogP contribution in [0.2, 0.25) is 0 Å². The second kappa shape index (κ2) is 7.81. The fraction of sp³-hybridized carbons (Fsp3) is 0.462. The summed E-state index contributed by atoms with van der Waals surface area (Å²) < 4.78 is 11.3. The summed E-state index contributed by atoms with van der Waals surface area (Å²) in [7, 11) is 0. The monoisotopic (exact) mass is 332 g/mol. The van der Waals surface area contributed by atoms with Gasteiger partial charge >= 0.3 is 5.97 Å². The van der Waals surface area contributed by atoms with Crippen LogP contribution in [0.5, 0.6) is 0 Å². The van der Waals surface area contributed by atoms with Crippen molar-refractivity contribution in [1.82, 2.24) is 0 Å². The molecule has 0 amide bonds. The van der Waals surface area contributed by atoms with Gasteiger partial charge in [0.25, 0.3) is 0 Å². The molecule has 0 unspecified atom stereocenters. The molecule has 0 spiro atoms. The van der Waals surface area contributed by atoms with Gasteiger partial charge in [0.2, 0.25) is 0 Å². The summed E-state index contributed by atoms with van der Waals surface area (Å²) in [5.74, 6) is 0.108. The van der Waals surface area contributed by atoms with Crippen LogP contribution in [0.1, 0.15) is 24.2 Å². The first kappa shape index (κ1) is 15.5. The van der Waals surface area contributed by atoms with Crippen molar-refractivity contribution in [2.75, 3.05) is 19.8 Å². The number of hydrogen-bond acceptors (Lipinski definition) is 4. The van der Waals surface area contributed by atoms with E-state index in [2.05, 4.69) is 42.4 Å². The Labute approximate surface area is 121 Å². The van der Waals surface area contributed by atoms with E-state index in [9.17, 15) is 4.79 Å². The lowest BCUT2D eigenvalue weighted by atomic mass is 10.2. The van der Waals surface area contributed by atoms with Crippen molar-refractivity contribution < 1.29 is 14.3 Å². The molecular weight excluding hydrogens is 316 g/mol. The molecule has 0 aliphatic heterocycles. The van der Waals surface area contributed by atoms with E-state index in [1.165, 1.54) is 0 Å². The molecule has 100 valence electrons. The predicted octanol–water partition coefficient (Wildman–Crippen LogP) is 3.57. The van der Waals surface area contributed by atoms with Crippen molar-refractivity contribution in [2.45, 2.75) is 18.7 Å². The van der Waals surface area contributed by atoms with E-state index < -0.39 is 0 Å². The van der Waals surface area contributed by atoms with E-state index in [1.807, 2.05) is 0 Å². The van der Waals surface area contributed by atoms with Crippen LogP contribution in [0, 0.1) is 5.92 Å². The quantitative estimate of drug-likeness (QED) is 0.491. The first-order valence-electron chi connectivity index (χ1n) is 5.74. The van der Waals surface area contributed by atoms with Crippen LogP contribution in [-0.2, 0) is 9.47 Å². The number of carbonyl (C=O) groups is 1. The van der Waals surface area contributed by atoms with Crippen LogP contribution in [-0.4, -0.2) is 25.8 Å². The second-order valence-electron chi connectivity index (χ2n) is 4.27. The fourth-order valence-corrected chi connectivity index (χ4v) is 2.11. The molecule has 0 radical (unpaired) electrons. The zero-order valence-corrected chi connectivity index (χ0v) is 13.0. The standard InChI is InChI=1S/C13H17BrO3S/c1-9(2)8-16-5-6-17-13(15)11-4-3-10(14)7-12(11)18/h3-4,7,9,18H,5-6,8H2,1-2H3. The largest absolute Gasteiger partial charge is 0.460 e. The van der Waals surface area contributed by atoms with Gasteiger partial charge in [0.1, 0.15) is 6.61 Å². The van der Waals surface area contributed by atoms with E-state index >= 15 is 0 Å². The highest BCUT2D eigenvalue weighted by atomic mass is 79.9. The number of halogens is 1. The SMILES string of the molecule is CC(C)COCCOC(=O)c1ccc(Br)cc1S. The molecule has 1 aromatic rings. The van der Waals surface area contributed by atoms with Gasteiger partial charge in [-0.1, -0.05) is 29.8 Å². The third-order valence-corrected chi connectivity index (χ3v) is 2.95. The molecule has 3 nitrogen and oxygen atoms in total. The molecule has 1 aromatic carbocycles. The van der Waals surface area contributed by atoms with E-state index in [0.717, 1.165) is 4.47 Å². The number of carbonyl (C=O) groups excluding carboxylic acids is 1. The molecule has 0 aliphatic carbocycles. The topological polar surface area (TPSA) is 35.5 Å². The van der Waals surface area contributed by atoms with E-state index in [4.69, 9.17) is 9.47 Å². The number of hydrogen-bond donors (Lipinski definition) is 1. The van der Waals surface area contributed by atoms with Gasteiger partial charge in [-0.3, -0.25) is 0 Å². The lowest BCUT2D eigenvalue weighted by molar-refractivity contribution is 0.0274. The van der Waals surface area contributed by atoms with Crippen LogP contribution >= 0.6 is 28.6 Å². The van der Waals surface area contributed by atoms with Crippen molar-refractivity contribution >= 4 is 34.5 Å². The zero-order chi connectivity index (χ0) is 13.5. The molecule has 0 saturated carbocycles. The number of esters is 1. The third-order valence-electron chi connectivity index (χ3n) is 2.09. The maximum absolute atomic E-state index is 11.7. The molecule has 18 heavy (non-hydrogen) atoms. The predicted molar refractivity (Wildman–Crippen MR) is 77.3 cm³/mol. The van der Waals surface area contributed by atoms with Gasteiger partial charge in [-0.2, -0.15) is 0 Å². The van der Waals surface area contributed by atoms with E-state index in [0.29, 0.717) is 29.6 Å². The van der Waals surface area contributed by atoms with Crippen molar-refractivity contribution in [3.63, 3.8) is 0 Å². The summed E-state index contributed by atoms with van der Waals surface area (Å²) in [4.78, 5) is 12.3. The first-order valence-corrected chi connectivity index (χ1v) is 6.98. The lowest BCUT2D eigenvalue weighted by Crippen LogP contribution is -2.13. The van der Waals surface area contributed by atoms with E-state index in [1.54, 1.807) is 18.2 Å². The Morgan fingerprint density at radius 1 is 1.39 bits per heavy atom. The number of ether oxygens (including phenoxy) is 2. The highest BCUT2D eigenvalue weighted by molar-refractivity contribution is 9.10. The summed E-state index contributed by atoms with van der Waals surface area (Å²) >= 11 is 7.55. The highest BCUT2D eigenvalue weighted by Gasteiger charge is 2.10. The van der Waals surface area contributed by atoms with Crippen molar-refractivity contribution in [3.8, 4) is 0 Å². The maximum Gasteiger partial charge on any atom is 0.339 e. The molecule has 0 atom stereocenters. The summed E-state index contributed by atoms with van der Waals surface area (Å²) in [5.41, 5.74) is 0.463. The number of thiol groups is 1. The Morgan fingerprint density at radius 2 is 2.11 bits per heavy atom. The van der Waals surface area contributed by atoms with Gasteiger partial charge in [0.15, 0.2) is 0 Å². The molecule has 5 heteroatoms. The normalized spacial score (nSPS) is 10.7. The van der Waals surface area contributed by atoms with Crippen LogP contribution in [0.25, 0.3) is 0 Å². The average Bonchev–Trinajstić information content (AvgIpc) is 2.27. The minimum absolute atomic E-state index is 0.259. The molecule has 0 heterocycles. The molecule has 0 saturated heterocycles. The van der Waals surface area contributed by atoms with Crippen LogP contribution in [0.4, 0.5) is 0 Å². The lowest BCUT2D eigenvalue weighted by Gasteiger charge is -2.09. The molecule has 0 aromatic heterocycles. The highest BCUT2D eigenvalue weighted by Crippen LogP contribution is 2.20. The summed E-state index contributed by atoms with van der Waals surface area (Å²) in [6.45, 7) is 5.49. The molecule has 1 rings (SSSR count). The molecular formula is C13H17BrO3S. The van der Waals surface area contributed by atoms with Gasteiger partial charge < -0.3 is 9.47 Å². The average molecular weight is 333 g/mol. The van der Waals surface area contributed by atoms with Crippen LogP contribution < -0.4 is 0 Å².